The van der Waals surface area contributed by atoms with Crippen LogP contribution in [0.5, 0.6) is 0 Å². The van der Waals surface area contributed by atoms with Gasteiger partial charge in [0.05, 0.1) is 6.61 Å². The van der Waals surface area contributed by atoms with Crippen molar-refractivity contribution in [2.45, 2.75) is 19.4 Å². The summed E-state index contributed by atoms with van der Waals surface area (Å²) < 4.78 is 2.09. The minimum Gasteiger partial charge on any atom is -0.392 e. The molecule has 1 heterocycles. The lowest BCUT2D eigenvalue weighted by molar-refractivity contribution is -0.116. The Morgan fingerprint density at radius 2 is 2.00 bits per heavy atom. The Morgan fingerprint density at radius 1 is 1.17 bits per heavy atom. The highest BCUT2D eigenvalue weighted by molar-refractivity contribution is 5.91. The van der Waals surface area contributed by atoms with Crippen molar-refractivity contribution >= 4 is 22.5 Å². The maximum atomic E-state index is 12.1. The lowest BCUT2D eigenvalue weighted by atomic mass is 10.1. The van der Waals surface area contributed by atoms with Crippen LogP contribution in [0.15, 0.2) is 54.7 Å². The normalized spacial score (nSPS) is 10.9. The standard InChI is InChI=1S/C19H20N2O2/c1-21-12-15(17-7-2-3-8-18(17)21)9-10-19(23)20-16-6-4-5-14(11-16)13-22/h2-8,11-12,22H,9-10,13H2,1H3,(H,20,23). The summed E-state index contributed by atoms with van der Waals surface area (Å²) in [7, 11) is 2.02. The number of amides is 1. The van der Waals surface area contributed by atoms with Gasteiger partial charge in [-0.1, -0.05) is 30.3 Å². The molecule has 0 radical (unpaired) electrons. The van der Waals surface area contributed by atoms with Gasteiger partial charge in [0.15, 0.2) is 0 Å². The number of aryl methyl sites for hydroxylation is 2. The van der Waals surface area contributed by atoms with Crippen LogP contribution in [0.1, 0.15) is 17.5 Å². The number of nitrogens with one attached hydrogen (secondary N) is 1. The molecule has 1 amide bonds. The Kier molecular flexibility index (Phi) is 4.44. The van der Waals surface area contributed by atoms with E-state index >= 15 is 0 Å². The molecular weight excluding hydrogens is 288 g/mol. The van der Waals surface area contributed by atoms with Gasteiger partial charge in [-0.05, 0) is 35.7 Å². The van der Waals surface area contributed by atoms with Gasteiger partial charge in [-0.15, -0.1) is 0 Å². The molecule has 0 atom stereocenters. The van der Waals surface area contributed by atoms with Crippen molar-refractivity contribution in [2.24, 2.45) is 7.05 Å². The highest BCUT2D eigenvalue weighted by Gasteiger charge is 2.09. The number of carbonyl (C=O) groups excluding carboxylic acids is 1. The van der Waals surface area contributed by atoms with E-state index in [1.165, 1.54) is 16.5 Å². The van der Waals surface area contributed by atoms with E-state index < -0.39 is 0 Å². The Labute approximate surface area is 135 Å². The lowest BCUT2D eigenvalue weighted by Crippen LogP contribution is -2.12. The molecule has 0 saturated heterocycles. The predicted octanol–water partition coefficient (Wildman–Crippen LogP) is 3.24. The highest BCUT2D eigenvalue weighted by atomic mass is 16.3. The van der Waals surface area contributed by atoms with Gasteiger partial charge in [0.2, 0.25) is 5.91 Å². The molecule has 3 rings (SSSR count). The molecule has 0 saturated carbocycles. The SMILES string of the molecule is Cn1cc(CCC(=O)Nc2cccc(CO)c2)c2ccccc21. The molecule has 3 aromatic rings. The number of rotatable bonds is 5. The molecule has 118 valence electrons. The van der Waals surface area contributed by atoms with E-state index in [1.54, 1.807) is 6.07 Å². The van der Waals surface area contributed by atoms with Gasteiger partial charge in [0.1, 0.15) is 0 Å². The second-order valence-electron chi connectivity index (χ2n) is 5.69. The number of anilines is 1. The van der Waals surface area contributed by atoms with Crippen LogP contribution in [0, 0.1) is 0 Å². The Balaban J connectivity index is 1.66. The smallest absolute Gasteiger partial charge is 0.224 e. The Morgan fingerprint density at radius 3 is 2.83 bits per heavy atom. The van der Waals surface area contributed by atoms with Crippen LogP contribution in [0.3, 0.4) is 0 Å². The zero-order valence-corrected chi connectivity index (χ0v) is 13.1. The van der Waals surface area contributed by atoms with Crippen molar-refractivity contribution in [3.63, 3.8) is 0 Å². The summed E-state index contributed by atoms with van der Waals surface area (Å²) in [6.45, 7) is -0.0281. The molecule has 0 fully saturated rings. The van der Waals surface area contributed by atoms with Crippen molar-refractivity contribution in [1.29, 1.82) is 0 Å². The number of aliphatic hydroxyl groups excluding tert-OH is 1. The van der Waals surface area contributed by atoms with E-state index in [0.29, 0.717) is 12.8 Å². The topological polar surface area (TPSA) is 54.3 Å². The van der Waals surface area contributed by atoms with Crippen molar-refractivity contribution in [1.82, 2.24) is 4.57 Å². The van der Waals surface area contributed by atoms with Crippen molar-refractivity contribution in [3.8, 4) is 0 Å². The van der Waals surface area contributed by atoms with E-state index in [4.69, 9.17) is 5.11 Å². The molecule has 0 unspecified atom stereocenters. The number of para-hydroxylation sites is 1. The molecule has 0 aliphatic carbocycles. The van der Waals surface area contributed by atoms with E-state index in [-0.39, 0.29) is 12.5 Å². The van der Waals surface area contributed by atoms with Crippen molar-refractivity contribution in [3.05, 3.63) is 65.9 Å². The molecule has 2 N–H and O–H groups in total. The highest BCUT2D eigenvalue weighted by Crippen LogP contribution is 2.21. The molecule has 0 bridgehead atoms. The summed E-state index contributed by atoms with van der Waals surface area (Å²) in [5, 5.41) is 13.2. The Bertz CT molecular complexity index is 836. The largest absolute Gasteiger partial charge is 0.392 e. The summed E-state index contributed by atoms with van der Waals surface area (Å²) in [4.78, 5) is 12.1. The quantitative estimate of drug-likeness (QED) is 0.760. The van der Waals surface area contributed by atoms with Crippen molar-refractivity contribution in [2.75, 3.05) is 5.32 Å². The zero-order chi connectivity index (χ0) is 16.2. The number of hydrogen-bond acceptors (Lipinski definition) is 2. The summed E-state index contributed by atoms with van der Waals surface area (Å²) in [5.41, 5.74) is 3.87. The molecular formula is C19H20N2O2. The molecule has 0 aliphatic rings. The van der Waals surface area contributed by atoms with Crippen LogP contribution < -0.4 is 5.32 Å². The summed E-state index contributed by atoms with van der Waals surface area (Å²) in [6.07, 6.45) is 3.22. The maximum Gasteiger partial charge on any atom is 0.224 e. The van der Waals surface area contributed by atoms with Gasteiger partial charge in [-0.25, -0.2) is 0 Å². The third-order valence-corrected chi connectivity index (χ3v) is 3.99. The fourth-order valence-electron chi connectivity index (χ4n) is 2.84. The molecule has 4 nitrogen and oxygen atoms in total. The van der Waals surface area contributed by atoms with Crippen LogP contribution in [-0.2, 0) is 24.9 Å². The minimum atomic E-state index is -0.0281. The Hall–Kier alpha value is -2.59. The number of aromatic nitrogens is 1. The lowest BCUT2D eigenvalue weighted by Gasteiger charge is -2.06. The number of aliphatic hydroxyl groups is 1. The summed E-state index contributed by atoms with van der Waals surface area (Å²) in [6, 6.07) is 15.5. The van der Waals surface area contributed by atoms with Gasteiger partial charge >= 0.3 is 0 Å². The van der Waals surface area contributed by atoms with Gasteiger partial charge < -0.3 is 15.0 Å². The van der Waals surface area contributed by atoms with Gasteiger partial charge in [0.25, 0.3) is 0 Å². The number of fused-ring (bicyclic) bond motifs is 1. The monoisotopic (exact) mass is 308 g/mol. The molecule has 1 aromatic heterocycles. The molecule has 2 aromatic carbocycles. The van der Waals surface area contributed by atoms with Crippen LogP contribution in [0.2, 0.25) is 0 Å². The number of carbonyl (C=O) groups is 1. The third kappa shape index (κ3) is 3.43. The summed E-state index contributed by atoms with van der Waals surface area (Å²) in [5.74, 6) is -0.0203. The second-order valence-corrected chi connectivity index (χ2v) is 5.69. The first-order valence-corrected chi connectivity index (χ1v) is 7.70. The molecule has 4 heteroatoms. The number of hydrogen-bond donors (Lipinski definition) is 2. The fraction of sp³-hybridized carbons (Fsp3) is 0.211. The number of nitrogens with zero attached hydrogens (tertiary/aromatic N) is 1. The van der Waals surface area contributed by atoms with Crippen LogP contribution in [0.25, 0.3) is 10.9 Å². The van der Waals surface area contributed by atoms with E-state index in [1.807, 2.05) is 37.4 Å². The van der Waals surface area contributed by atoms with Crippen LogP contribution in [-0.4, -0.2) is 15.6 Å². The fourth-order valence-corrected chi connectivity index (χ4v) is 2.84. The van der Waals surface area contributed by atoms with Gasteiger partial charge in [-0.3, -0.25) is 4.79 Å². The van der Waals surface area contributed by atoms with Gasteiger partial charge in [-0.2, -0.15) is 0 Å². The van der Waals surface area contributed by atoms with Gasteiger partial charge in [0, 0.05) is 36.3 Å². The third-order valence-electron chi connectivity index (χ3n) is 3.99. The van der Waals surface area contributed by atoms with E-state index in [9.17, 15) is 4.79 Å². The first-order chi connectivity index (χ1) is 11.2. The maximum absolute atomic E-state index is 12.1. The molecule has 23 heavy (non-hydrogen) atoms. The second kappa shape index (κ2) is 6.67. The first-order valence-electron chi connectivity index (χ1n) is 7.70. The molecule has 0 spiro atoms. The predicted molar refractivity (Wildman–Crippen MR) is 92.2 cm³/mol. The van der Waals surface area contributed by atoms with E-state index in [0.717, 1.165) is 11.3 Å². The summed E-state index contributed by atoms with van der Waals surface area (Å²) >= 11 is 0. The van der Waals surface area contributed by atoms with E-state index in [2.05, 4.69) is 28.2 Å². The molecule has 0 aliphatic heterocycles. The van der Waals surface area contributed by atoms with Crippen molar-refractivity contribution < 1.29 is 9.90 Å². The average Bonchev–Trinajstić information content (AvgIpc) is 2.90. The number of benzene rings is 2. The minimum absolute atomic E-state index is 0.0203. The first kappa shape index (κ1) is 15.3. The van der Waals surface area contributed by atoms with Crippen LogP contribution in [0.4, 0.5) is 5.69 Å². The average molecular weight is 308 g/mol. The zero-order valence-electron chi connectivity index (χ0n) is 13.1. The van der Waals surface area contributed by atoms with Crippen LogP contribution >= 0.6 is 0 Å².